The fourth-order valence-corrected chi connectivity index (χ4v) is 1.72. The number of pyridine rings is 1. The Hall–Kier alpha value is -2.96. The Morgan fingerprint density at radius 1 is 0.947 bits per heavy atom. The van der Waals surface area contributed by atoms with Crippen LogP contribution >= 0.6 is 0 Å². The minimum Gasteiger partial charge on any atom is -0.478 e. The molecule has 7 nitrogen and oxygen atoms in total. The molecule has 0 saturated heterocycles. The van der Waals surface area contributed by atoms with Crippen LogP contribution in [0.2, 0.25) is 0 Å². The molecule has 0 aliphatic rings. The molecule has 0 aliphatic carbocycles. The van der Waals surface area contributed by atoms with Gasteiger partial charge in [0.2, 0.25) is 0 Å². The van der Waals surface area contributed by atoms with Crippen molar-refractivity contribution in [3.8, 4) is 0 Å². The van der Waals surface area contributed by atoms with Gasteiger partial charge in [0, 0.05) is 11.6 Å². The number of aromatic nitrogens is 1. The Balaban J connectivity index is 2.89. The fourth-order valence-electron chi connectivity index (χ4n) is 1.72. The summed E-state index contributed by atoms with van der Waals surface area (Å²) in [6.07, 6.45) is 1.08. The van der Waals surface area contributed by atoms with E-state index in [1.165, 1.54) is 6.07 Å². The lowest BCUT2D eigenvalue weighted by atomic mass is 10.0. The Labute approximate surface area is 105 Å². The predicted octanol–water partition coefficient (Wildman–Crippen LogP) is 1.33. The Morgan fingerprint density at radius 3 is 2.16 bits per heavy atom. The first-order valence-corrected chi connectivity index (χ1v) is 5.04. The van der Waals surface area contributed by atoms with Gasteiger partial charge in [-0.2, -0.15) is 0 Å². The molecule has 1 heterocycles. The number of carboxylic acid groups (broad SMARTS) is 3. The summed E-state index contributed by atoms with van der Waals surface area (Å²) in [7, 11) is 0. The summed E-state index contributed by atoms with van der Waals surface area (Å²) in [4.78, 5) is 36.8. The first kappa shape index (κ1) is 12.5. The maximum Gasteiger partial charge on any atom is 0.337 e. The smallest absolute Gasteiger partial charge is 0.337 e. The van der Waals surface area contributed by atoms with E-state index in [2.05, 4.69) is 4.98 Å². The van der Waals surface area contributed by atoms with Crippen LogP contribution in [0.5, 0.6) is 0 Å². The van der Waals surface area contributed by atoms with E-state index in [4.69, 9.17) is 15.3 Å². The van der Waals surface area contributed by atoms with Crippen molar-refractivity contribution < 1.29 is 29.7 Å². The van der Waals surface area contributed by atoms with Crippen LogP contribution in [0.15, 0.2) is 24.4 Å². The van der Waals surface area contributed by atoms with E-state index in [1.807, 2.05) is 0 Å². The summed E-state index contributed by atoms with van der Waals surface area (Å²) in [6.45, 7) is 0. The Morgan fingerprint density at radius 2 is 1.63 bits per heavy atom. The minimum absolute atomic E-state index is 0.0210. The van der Waals surface area contributed by atoms with Crippen molar-refractivity contribution in [1.82, 2.24) is 4.98 Å². The van der Waals surface area contributed by atoms with Crippen LogP contribution in [0, 0.1) is 0 Å². The second kappa shape index (κ2) is 4.37. The number of hydrogen-bond acceptors (Lipinski definition) is 4. The van der Waals surface area contributed by atoms with Gasteiger partial charge in [0.15, 0.2) is 0 Å². The molecule has 0 fully saturated rings. The highest BCUT2D eigenvalue weighted by Gasteiger charge is 2.20. The van der Waals surface area contributed by atoms with Crippen molar-refractivity contribution in [2.24, 2.45) is 0 Å². The molecule has 0 unspecified atom stereocenters. The van der Waals surface area contributed by atoms with Gasteiger partial charge in [-0.05, 0) is 18.2 Å². The van der Waals surface area contributed by atoms with Crippen LogP contribution in [-0.2, 0) is 0 Å². The topological polar surface area (TPSA) is 125 Å². The van der Waals surface area contributed by atoms with Gasteiger partial charge in [0.1, 0.15) is 0 Å². The van der Waals surface area contributed by atoms with Crippen LogP contribution in [0.25, 0.3) is 10.9 Å². The molecule has 2 aromatic rings. The summed E-state index contributed by atoms with van der Waals surface area (Å²) in [5.74, 6) is -4.13. The number of benzene rings is 1. The zero-order valence-electron chi connectivity index (χ0n) is 9.32. The van der Waals surface area contributed by atoms with Crippen molar-refractivity contribution in [2.75, 3.05) is 0 Å². The molecule has 0 aliphatic heterocycles. The van der Waals surface area contributed by atoms with Crippen molar-refractivity contribution in [3.05, 3.63) is 41.1 Å². The number of carboxylic acids is 3. The van der Waals surface area contributed by atoms with Gasteiger partial charge in [-0.1, -0.05) is 0 Å². The number of carbonyl (C=O) groups is 3. The molecule has 96 valence electrons. The summed E-state index contributed by atoms with van der Waals surface area (Å²) in [6, 6.07) is 3.55. The molecule has 0 spiro atoms. The number of nitrogens with zero attached hydrogens (tertiary/aromatic N) is 1. The molecule has 3 N–H and O–H groups in total. The van der Waals surface area contributed by atoms with E-state index in [-0.39, 0.29) is 16.5 Å². The average Bonchev–Trinajstić information content (AvgIpc) is 2.35. The number of hydrogen-bond donors (Lipinski definition) is 3. The maximum absolute atomic E-state index is 11.2. The largest absolute Gasteiger partial charge is 0.478 e. The third-order valence-corrected chi connectivity index (χ3v) is 2.56. The lowest BCUT2D eigenvalue weighted by Crippen LogP contribution is -2.09. The highest BCUT2D eigenvalue weighted by molar-refractivity contribution is 6.11. The lowest BCUT2D eigenvalue weighted by Gasteiger charge is -2.06. The Bertz CT molecular complexity index is 716. The van der Waals surface area contributed by atoms with Gasteiger partial charge in [0.05, 0.1) is 22.2 Å². The zero-order chi connectivity index (χ0) is 14.2. The molecular weight excluding hydrogens is 254 g/mol. The van der Waals surface area contributed by atoms with E-state index < -0.39 is 29.0 Å². The molecule has 0 atom stereocenters. The quantitative estimate of drug-likeness (QED) is 0.760. The van der Waals surface area contributed by atoms with Gasteiger partial charge in [-0.15, -0.1) is 0 Å². The number of fused-ring (bicyclic) bond motifs is 1. The third kappa shape index (κ3) is 2.08. The average molecular weight is 261 g/mol. The molecule has 7 heteroatoms. The predicted molar refractivity (Wildman–Crippen MR) is 62.6 cm³/mol. The summed E-state index contributed by atoms with van der Waals surface area (Å²) < 4.78 is 0. The van der Waals surface area contributed by atoms with Crippen LogP contribution in [0.3, 0.4) is 0 Å². The van der Waals surface area contributed by atoms with Gasteiger partial charge >= 0.3 is 17.9 Å². The highest BCUT2D eigenvalue weighted by atomic mass is 16.4. The Kier molecular flexibility index (Phi) is 2.88. The van der Waals surface area contributed by atoms with E-state index in [0.29, 0.717) is 0 Å². The molecule has 0 radical (unpaired) electrons. The first-order valence-electron chi connectivity index (χ1n) is 5.04. The van der Waals surface area contributed by atoms with Crippen LogP contribution < -0.4 is 0 Å². The number of aromatic carboxylic acids is 3. The minimum atomic E-state index is -1.45. The molecule has 19 heavy (non-hydrogen) atoms. The monoisotopic (exact) mass is 261 g/mol. The van der Waals surface area contributed by atoms with Crippen molar-refractivity contribution in [1.29, 1.82) is 0 Å². The first-order chi connectivity index (χ1) is 8.91. The van der Waals surface area contributed by atoms with E-state index in [1.54, 1.807) is 0 Å². The molecular formula is C12H7NO6. The molecule has 0 amide bonds. The van der Waals surface area contributed by atoms with Crippen molar-refractivity contribution in [3.63, 3.8) is 0 Å². The normalized spacial score (nSPS) is 10.3. The summed E-state index contributed by atoms with van der Waals surface area (Å²) in [5.41, 5.74) is -0.880. The van der Waals surface area contributed by atoms with Crippen molar-refractivity contribution >= 4 is 28.8 Å². The standard InChI is InChI=1S/C12H7NO6/c14-10(15)5-3-7-8(13-4-5)2-1-6(11(16)17)9(7)12(18)19/h1-4H,(H,14,15)(H,16,17)(H,18,19). The van der Waals surface area contributed by atoms with Crippen LogP contribution in [0.1, 0.15) is 31.1 Å². The maximum atomic E-state index is 11.2. The molecule has 0 saturated carbocycles. The molecule has 2 rings (SSSR count). The second-order valence-electron chi connectivity index (χ2n) is 3.69. The van der Waals surface area contributed by atoms with Crippen LogP contribution in [-0.4, -0.2) is 38.2 Å². The molecule has 1 aromatic carbocycles. The summed E-state index contributed by atoms with van der Waals surface area (Å²) in [5, 5.41) is 26.9. The van der Waals surface area contributed by atoms with E-state index >= 15 is 0 Å². The third-order valence-electron chi connectivity index (χ3n) is 2.56. The van der Waals surface area contributed by atoms with E-state index in [0.717, 1.165) is 18.3 Å². The van der Waals surface area contributed by atoms with Crippen molar-refractivity contribution in [2.45, 2.75) is 0 Å². The summed E-state index contributed by atoms with van der Waals surface area (Å²) >= 11 is 0. The SMILES string of the molecule is O=C(O)c1cnc2ccc(C(=O)O)c(C(=O)O)c2c1. The molecule has 0 bridgehead atoms. The van der Waals surface area contributed by atoms with Gasteiger partial charge in [-0.3, -0.25) is 4.98 Å². The number of rotatable bonds is 3. The zero-order valence-corrected chi connectivity index (χ0v) is 9.32. The molecule has 1 aromatic heterocycles. The van der Waals surface area contributed by atoms with E-state index in [9.17, 15) is 14.4 Å². The second-order valence-corrected chi connectivity index (χ2v) is 3.69. The fraction of sp³-hybridized carbons (Fsp3) is 0. The van der Waals surface area contributed by atoms with Gasteiger partial charge < -0.3 is 15.3 Å². The lowest BCUT2D eigenvalue weighted by molar-refractivity contribution is 0.0653. The van der Waals surface area contributed by atoms with Crippen LogP contribution in [0.4, 0.5) is 0 Å². The van der Waals surface area contributed by atoms with Gasteiger partial charge in [0.25, 0.3) is 0 Å². The highest BCUT2D eigenvalue weighted by Crippen LogP contribution is 2.22. The van der Waals surface area contributed by atoms with Gasteiger partial charge in [-0.25, -0.2) is 14.4 Å².